The van der Waals surface area contributed by atoms with Crippen molar-refractivity contribution in [2.24, 2.45) is 0 Å². The average Bonchev–Trinajstić information content (AvgIpc) is 2.47. The van der Waals surface area contributed by atoms with Gasteiger partial charge in [0.15, 0.2) is 5.65 Å². The maximum absolute atomic E-state index is 10.9. The van der Waals surface area contributed by atoms with Crippen molar-refractivity contribution in [1.29, 1.82) is 0 Å². The topological polar surface area (TPSA) is 88.9 Å². The first-order valence-corrected chi connectivity index (χ1v) is 6.49. The summed E-state index contributed by atoms with van der Waals surface area (Å²) in [6.45, 7) is 0. The van der Waals surface area contributed by atoms with Crippen molar-refractivity contribution in [3.8, 4) is 0 Å². The summed E-state index contributed by atoms with van der Waals surface area (Å²) in [6.07, 6.45) is 4.65. The molecular formula is C13H8N4O2S. The number of carboxylic acid groups (broad SMARTS) is 1. The zero-order chi connectivity index (χ0) is 13.9. The molecule has 0 aromatic carbocycles. The summed E-state index contributed by atoms with van der Waals surface area (Å²) in [5, 5.41) is 10.2. The van der Waals surface area contributed by atoms with E-state index >= 15 is 0 Å². The predicted molar refractivity (Wildman–Crippen MR) is 72.7 cm³/mol. The van der Waals surface area contributed by atoms with Crippen LogP contribution in [0.25, 0.3) is 11.2 Å². The second-order valence-electron chi connectivity index (χ2n) is 3.84. The predicted octanol–water partition coefficient (Wildman–Crippen LogP) is 2.27. The van der Waals surface area contributed by atoms with Crippen molar-refractivity contribution < 1.29 is 9.90 Å². The lowest BCUT2D eigenvalue weighted by Crippen LogP contribution is -1.96. The Bertz CT molecular complexity index is 794. The van der Waals surface area contributed by atoms with E-state index in [2.05, 4.69) is 19.9 Å². The Hall–Kier alpha value is -2.54. The van der Waals surface area contributed by atoms with Crippen LogP contribution in [-0.4, -0.2) is 31.0 Å². The van der Waals surface area contributed by atoms with Crippen LogP contribution in [0.4, 0.5) is 0 Å². The second kappa shape index (κ2) is 5.22. The lowest BCUT2D eigenvalue weighted by atomic mass is 10.3. The van der Waals surface area contributed by atoms with Crippen molar-refractivity contribution in [2.45, 2.75) is 10.1 Å². The highest BCUT2D eigenvalue weighted by atomic mass is 32.2. The van der Waals surface area contributed by atoms with Gasteiger partial charge in [-0.2, -0.15) is 0 Å². The highest BCUT2D eigenvalue weighted by molar-refractivity contribution is 7.99. The van der Waals surface area contributed by atoms with Crippen LogP contribution in [0.15, 0.2) is 52.9 Å². The Balaban J connectivity index is 1.92. The molecule has 0 bridgehead atoms. The van der Waals surface area contributed by atoms with Crippen LogP contribution in [0, 0.1) is 0 Å². The SMILES string of the molecule is O=C(O)c1ccnc(Sc2ccc3nccnc3n2)c1. The third-order valence-electron chi connectivity index (χ3n) is 2.50. The Morgan fingerprint density at radius 1 is 1.00 bits per heavy atom. The number of hydrogen-bond donors (Lipinski definition) is 1. The first-order valence-electron chi connectivity index (χ1n) is 5.67. The first kappa shape index (κ1) is 12.5. The van der Waals surface area contributed by atoms with Crippen LogP contribution in [-0.2, 0) is 0 Å². The number of pyridine rings is 2. The minimum Gasteiger partial charge on any atom is -0.478 e. The van der Waals surface area contributed by atoms with Crippen molar-refractivity contribution in [2.75, 3.05) is 0 Å². The molecule has 20 heavy (non-hydrogen) atoms. The number of aromatic nitrogens is 4. The molecule has 3 heterocycles. The normalized spacial score (nSPS) is 10.6. The summed E-state index contributed by atoms with van der Waals surface area (Å²) in [6, 6.07) is 6.58. The number of fused-ring (bicyclic) bond motifs is 1. The standard InChI is InChI=1S/C13H8N4O2S/c18-13(19)8-3-4-15-11(7-8)20-10-2-1-9-12(17-10)16-6-5-14-9/h1-7H,(H,18,19). The third-order valence-corrected chi connectivity index (χ3v) is 3.37. The fourth-order valence-electron chi connectivity index (χ4n) is 1.60. The quantitative estimate of drug-likeness (QED) is 0.789. The largest absolute Gasteiger partial charge is 0.478 e. The fraction of sp³-hybridized carbons (Fsp3) is 0. The van der Waals surface area contributed by atoms with Gasteiger partial charge in [0.25, 0.3) is 0 Å². The third kappa shape index (κ3) is 2.57. The minimum atomic E-state index is -0.980. The summed E-state index contributed by atoms with van der Waals surface area (Å²) in [7, 11) is 0. The van der Waals surface area contributed by atoms with Crippen molar-refractivity contribution >= 4 is 28.9 Å². The highest BCUT2D eigenvalue weighted by Gasteiger charge is 2.07. The van der Waals surface area contributed by atoms with Crippen LogP contribution in [0.1, 0.15) is 10.4 Å². The van der Waals surface area contributed by atoms with E-state index in [-0.39, 0.29) is 5.56 Å². The number of carbonyl (C=O) groups is 1. The molecule has 0 fully saturated rings. The molecule has 3 rings (SSSR count). The molecule has 0 unspecified atom stereocenters. The van der Waals surface area contributed by atoms with E-state index in [1.54, 1.807) is 18.5 Å². The van der Waals surface area contributed by atoms with E-state index in [4.69, 9.17) is 5.11 Å². The Labute approximate surface area is 117 Å². The van der Waals surface area contributed by atoms with E-state index in [0.29, 0.717) is 21.2 Å². The highest BCUT2D eigenvalue weighted by Crippen LogP contribution is 2.25. The summed E-state index contributed by atoms with van der Waals surface area (Å²) < 4.78 is 0. The van der Waals surface area contributed by atoms with Gasteiger partial charge in [0.2, 0.25) is 0 Å². The molecule has 0 amide bonds. The van der Waals surface area contributed by atoms with Crippen LogP contribution in [0.3, 0.4) is 0 Å². The lowest BCUT2D eigenvalue weighted by Gasteiger charge is -2.02. The van der Waals surface area contributed by atoms with E-state index in [1.165, 1.54) is 30.1 Å². The van der Waals surface area contributed by atoms with Gasteiger partial charge in [-0.1, -0.05) is 11.8 Å². The molecule has 7 heteroatoms. The van der Waals surface area contributed by atoms with E-state index < -0.39 is 5.97 Å². The molecule has 6 nitrogen and oxygen atoms in total. The van der Waals surface area contributed by atoms with Gasteiger partial charge in [-0.05, 0) is 24.3 Å². The molecule has 3 aromatic heterocycles. The number of carboxylic acids is 1. The van der Waals surface area contributed by atoms with Gasteiger partial charge < -0.3 is 5.11 Å². The zero-order valence-corrected chi connectivity index (χ0v) is 10.9. The van der Waals surface area contributed by atoms with E-state index in [9.17, 15) is 4.79 Å². The lowest BCUT2D eigenvalue weighted by molar-refractivity contribution is 0.0696. The smallest absolute Gasteiger partial charge is 0.335 e. The van der Waals surface area contributed by atoms with Gasteiger partial charge >= 0.3 is 5.97 Å². The average molecular weight is 284 g/mol. The molecule has 0 aliphatic rings. The van der Waals surface area contributed by atoms with Gasteiger partial charge in [-0.25, -0.2) is 19.7 Å². The molecular weight excluding hydrogens is 276 g/mol. The molecule has 0 aliphatic carbocycles. The fourth-order valence-corrected chi connectivity index (χ4v) is 2.38. The van der Waals surface area contributed by atoms with Gasteiger partial charge in [0, 0.05) is 18.6 Å². The molecule has 0 aliphatic heterocycles. The van der Waals surface area contributed by atoms with Crippen LogP contribution < -0.4 is 0 Å². The van der Waals surface area contributed by atoms with Crippen molar-refractivity contribution in [1.82, 2.24) is 19.9 Å². The van der Waals surface area contributed by atoms with Crippen LogP contribution >= 0.6 is 11.8 Å². The van der Waals surface area contributed by atoms with Gasteiger partial charge in [-0.3, -0.25) is 4.98 Å². The van der Waals surface area contributed by atoms with E-state index in [0.717, 1.165) is 0 Å². The summed E-state index contributed by atoms with van der Waals surface area (Å²) in [5.41, 5.74) is 1.46. The van der Waals surface area contributed by atoms with Crippen LogP contribution in [0.5, 0.6) is 0 Å². The number of nitrogens with zero attached hydrogens (tertiary/aromatic N) is 4. The van der Waals surface area contributed by atoms with E-state index in [1.807, 2.05) is 6.07 Å². The van der Waals surface area contributed by atoms with Gasteiger partial charge in [0.1, 0.15) is 15.6 Å². The molecule has 98 valence electrons. The maximum Gasteiger partial charge on any atom is 0.335 e. The number of aromatic carboxylic acids is 1. The molecule has 3 aromatic rings. The van der Waals surface area contributed by atoms with Crippen molar-refractivity contribution in [3.05, 3.63) is 48.4 Å². The minimum absolute atomic E-state index is 0.197. The Morgan fingerprint density at radius 2 is 1.85 bits per heavy atom. The Morgan fingerprint density at radius 3 is 2.70 bits per heavy atom. The van der Waals surface area contributed by atoms with Crippen molar-refractivity contribution in [3.63, 3.8) is 0 Å². The first-order chi connectivity index (χ1) is 9.72. The van der Waals surface area contributed by atoms with Gasteiger partial charge in [-0.15, -0.1) is 0 Å². The number of hydrogen-bond acceptors (Lipinski definition) is 6. The molecule has 0 saturated heterocycles. The van der Waals surface area contributed by atoms with Gasteiger partial charge in [0.05, 0.1) is 5.56 Å². The molecule has 0 atom stereocenters. The Kier molecular flexibility index (Phi) is 3.26. The van der Waals surface area contributed by atoms with Crippen LogP contribution in [0.2, 0.25) is 0 Å². The maximum atomic E-state index is 10.9. The zero-order valence-electron chi connectivity index (χ0n) is 10.1. The molecule has 0 spiro atoms. The monoisotopic (exact) mass is 284 g/mol. The number of rotatable bonds is 3. The molecule has 1 N–H and O–H groups in total. The second-order valence-corrected chi connectivity index (χ2v) is 4.88. The molecule has 0 saturated carbocycles. The molecule has 0 radical (unpaired) electrons. The summed E-state index contributed by atoms with van der Waals surface area (Å²) >= 11 is 1.28. The summed E-state index contributed by atoms with van der Waals surface area (Å²) in [5.74, 6) is -0.980. The summed E-state index contributed by atoms with van der Waals surface area (Å²) in [4.78, 5) is 27.6.